The summed E-state index contributed by atoms with van der Waals surface area (Å²) in [6.07, 6.45) is 10.3. The van der Waals surface area contributed by atoms with Gasteiger partial charge in [-0.1, -0.05) is 6.07 Å². The molecular weight excluding hydrogens is 444 g/mol. The Balaban J connectivity index is 1.49. The third-order valence-corrected chi connectivity index (χ3v) is 6.80. The normalized spacial score (nSPS) is 12.8. The molecule has 8 bridgehead atoms. The van der Waals surface area contributed by atoms with Crippen LogP contribution in [0.3, 0.4) is 0 Å². The molecule has 4 N–H and O–H groups in total. The van der Waals surface area contributed by atoms with Gasteiger partial charge in [-0.05, 0) is 85.0 Å². The van der Waals surface area contributed by atoms with Gasteiger partial charge < -0.3 is 19.9 Å². The minimum Gasteiger partial charge on any atom is -0.355 e. The maximum absolute atomic E-state index is 5.18. The largest absolute Gasteiger partial charge is 0.355 e. The van der Waals surface area contributed by atoms with Crippen LogP contribution >= 0.6 is 0 Å². The van der Waals surface area contributed by atoms with E-state index < -0.39 is 0 Å². The Hall–Kier alpha value is -5.10. The molecule has 0 fully saturated rings. The smallest absolute Gasteiger partial charge is 0.0966 e. The number of nitrogens with zero attached hydrogens (tertiary/aromatic N) is 2. The lowest BCUT2D eigenvalue weighted by molar-refractivity contribution is 1.23. The van der Waals surface area contributed by atoms with Gasteiger partial charge in [0.05, 0.1) is 27.2 Å². The fraction of sp³-hybridized carbons (Fsp3) is 0. The van der Waals surface area contributed by atoms with Gasteiger partial charge in [0.15, 0.2) is 0 Å². The van der Waals surface area contributed by atoms with Gasteiger partial charge in [-0.25, -0.2) is 4.98 Å². The van der Waals surface area contributed by atoms with Gasteiger partial charge in [0, 0.05) is 55.8 Å². The molecule has 8 rings (SSSR count). The van der Waals surface area contributed by atoms with E-state index in [0.29, 0.717) is 0 Å². The molecule has 6 nitrogen and oxygen atoms in total. The lowest BCUT2D eigenvalue weighted by Crippen LogP contribution is -2.11. The summed E-state index contributed by atoms with van der Waals surface area (Å²) in [5.74, 6) is 0. The highest BCUT2D eigenvalue weighted by Crippen LogP contribution is 2.24. The molecule has 36 heavy (non-hydrogen) atoms. The van der Waals surface area contributed by atoms with Crippen LogP contribution in [-0.4, -0.2) is 29.9 Å². The molecule has 7 heterocycles. The van der Waals surface area contributed by atoms with Gasteiger partial charge in [0.2, 0.25) is 0 Å². The molecule has 0 atom stereocenters. The lowest BCUT2D eigenvalue weighted by atomic mass is 10.1. The van der Waals surface area contributed by atoms with Crippen LogP contribution in [0.4, 0.5) is 0 Å². The SMILES string of the molecule is C1=c2ccc([nH]2)=Cc2ccc([nH]2)C=c2[nH]c(c3cc4ccc5ncccc5c4nc23)=Cc2ccc1[nH]2. The van der Waals surface area contributed by atoms with Crippen molar-refractivity contribution in [2.75, 3.05) is 0 Å². The summed E-state index contributed by atoms with van der Waals surface area (Å²) >= 11 is 0. The minimum atomic E-state index is 0.932. The van der Waals surface area contributed by atoms with E-state index >= 15 is 0 Å². The molecule has 0 spiro atoms. The van der Waals surface area contributed by atoms with Crippen LogP contribution in [0.1, 0.15) is 22.8 Å². The Kier molecular flexibility index (Phi) is 3.85. The van der Waals surface area contributed by atoms with E-state index in [0.717, 1.165) is 76.9 Å². The summed E-state index contributed by atoms with van der Waals surface area (Å²) in [5, 5.41) is 7.28. The molecule has 1 aliphatic heterocycles. The molecule has 0 radical (unpaired) electrons. The van der Waals surface area contributed by atoms with Gasteiger partial charge in [-0.15, -0.1) is 0 Å². The maximum Gasteiger partial charge on any atom is 0.0966 e. The molecule has 0 unspecified atom stereocenters. The Morgan fingerprint density at radius 3 is 1.97 bits per heavy atom. The number of hydrogen-bond donors (Lipinski definition) is 4. The number of benzene rings is 1. The average molecular weight is 465 g/mol. The number of aromatic amines is 4. The first-order valence-corrected chi connectivity index (χ1v) is 11.9. The highest BCUT2D eigenvalue weighted by molar-refractivity contribution is 6.07. The van der Waals surface area contributed by atoms with Gasteiger partial charge in [-0.3, -0.25) is 4.98 Å². The van der Waals surface area contributed by atoms with Crippen LogP contribution in [0.25, 0.3) is 57.0 Å². The lowest BCUT2D eigenvalue weighted by Gasteiger charge is -2.03. The number of aromatic nitrogens is 6. The number of H-pyrrole nitrogens is 4. The van der Waals surface area contributed by atoms with Crippen molar-refractivity contribution in [2.45, 2.75) is 0 Å². The third-order valence-electron chi connectivity index (χ3n) is 6.80. The molecule has 0 saturated heterocycles. The van der Waals surface area contributed by atoms with Crippen molar-refractivity contribution < 1.29 is 0 Å². The molecule has 170 valence electrons. The van der Waals surface area contributed by atoms with Crippen molar-refractivity contribution in [3.63, 3.8) is 0 Å². The summed E-state index contributed by atoms with van der Waals surface area (Å²) in [6.45, 7) is 0. The second-order valence-electron chi connectivity index (χ2n) is 9.23. The first-order chi connectivity index (χ1) is 17.7. The predicted molar refractivity (Wildman–Crippen MR) is 144 cm³/mol. The monoisotopic (exact) mass is 464 g/mol. The van der Waals surface area contributed by atoms with Gasteiger partial charge in [0.25, 0.3) is 0 Å². The van der Waals surface area contributed by atoms with E-state index in [9.17, 15) is 0 Å². The molecule has 1 aliphatic rings. The van der Waals surface area contributed by atoms with E-state index in [1.165, 1.54) is 0 Å². The summed E-state index contributed by atoms with van der Waals surface area (Å²) < 4.78 is 0. The number of rotatable bonds is 0. The predicted octanol–water partition coefficient (Wildman–Crippen LogP) is 2.88. The van der Waals surface area contributed by atoms with Crippen molar-refractivity contribution in [1.82, 2.24) is 29.9 Å². The molecule has 1 aromatic carbocycles. The Morgan fingerprint density at radius 2 is 1.22 bits per heavy atom. The van der Waals surface area contributed by atoms with E-state index in [2.05, 4.69) is 110 Å². The van der Waals surface area contributed by atoms with Crippen LogP contribution < -0.4 is 21.4 Å². The molecule has 7 aromatic rings. The zero-order valence-electron chi connectivity index (χ0n) is 19.1. The van der Waals surface area contributed by atoms with Crippen molar-refractivity contribution >= 4 is 57.0 Å². The van der Waals surface area contributed by atoms with Crippen molar-refractivity contribution in [3.8, 4) is 0 Å². The number of hydrogen-bond acceptors (Lipinski definition) is 2. The zero-order valence-corrected chi connectivity index (χ0v) is 19.1. The molecule has 0 saturated carbocycles. The quantitative estimate of drug-likeness (QED) is 0.260. The maximum atomic E-state index is 5.18. The summed E-state index contributed by atoms with van der Waals surface area (Å²) in [6, 6.07) is 23.0. The first kappa shape index (κ1) is 19.2. The Bertz CT molecular complexity index is 2220. The number of pyridine rings is 2. The number of nitrogens with one attached hydrogen (secondary N) is 4. The Morgan fingerprint density at radius 1 is 0.528 bits per heavy atom. The van der Waals surface area contributed by atoms with Gasteiger partial charge >= 0.3 is 0 Å². The molecule has 0 amide bonds. The van der Waals surface area contributed by atoms with Crippen LogP contribution in [-0.2, 0) is 0 Å². The second kappa shape index (κ2) is 7.20. The molecule has 6 aromatic heterocycles. The first-order valence-electron chi connectivity index (χ1n) is 11.9. The van der Waals surface area contributed by atoms with Crippen LogP contribution in [0, 0.1) is 0 Å². The topological polar surface area (TPSA) is 88.9 Å². The van der Waals surface area contributed by atoms with Crippen LogP contribution in [0.2, 0.25) is 0 Å². The summed E-state index contributed by atoms with van der Waals surface area (Å²) in [7, 11) is 0. The summed E-state index contributed by atoms with van der Waals surface area (Å²) in [5.41, 5.74) is 6.93. The highest BCUT2D eigenvalue weighted by Gasteiger charge is 2.10. The van der Waals surface area contributed by atoms with Crippen LogP contribution in [0.5, 0.6) is 0 Å². The fourth-order valence-electron chi connectivity index (χ4n) is 5.13. The minimum absolute atomic E-state index is 0.932. The second-order valence-corrected chi connectivity index (χ2v) is 9.23. The third kappa shape index (κ3) is 3.05. The molecular formula is C30H20N6. The van der Waals surface area contributed by atoms with Crippen molar-refractivity contribution in [2.24, 2.45) is 0 Å². The van der Waals surface area contributed by atoms with Gasteiger partial charge in [-0.2, -0.15) is 0 Å². The van der Waals surface area contributed by atoms with Crippen molar-refractivity contribution in [3.05, 3.63) is 117 Å². The van der Waals surface area contributed by atoms with E-state index in [4.69, 9.17) is 4.98 Å². The zero-order chi connectivity index (χ0) is 23.6. The fourth-order valence-corrected chi connectivity index (χ4v) is 5.13. The van der Waals surface area contributed by atoms with E-state index in [1.54, 1.807) is 0 Å². The van der Waals surface area contributed by atoms with Gasteiger partial charge in [0.1, 0.15) is 0 Å². The number of fused-ring (bicyclic) bond motifs is 14. The van der Waals surface area contributed by atoms with E-state index in [1.807, 2.05) is 12.3 Å². The van der Waals surface area contributed by atoms with Crippen LogP contribution in [0.15, 0.2) is 72.9 Å². The standard InChI is InChI=1S/C30H20N6/c1-2-24-26(31-11-1)10-3-17-12-25-27-15-22-8-6-20(33-22)13-18-4-5-19(32-18)14-21-7-9-23(34-21)16-28(35-27)30(25)36-29(17)24/h1-16,32-35H. The average Bonchev–Trinajstić information content (AvgIpc) is 3.69. The summed E-state index contributed by atoms with van der Waals surface area (Å²) in [4.78, 5) is 23.8. The highest BCUT2D eigenvalue weighted by atomic mass is 14.8. The molecule has 6 heteroatoms. The van der Waals surface area contributed by atoms with Crippen molar-refractivity contribution in [1.29, 1.82) is 0 Å². The molecule has 0 aliphatic carbocycles. The van der Waals surface area contributed by atoms with E-state index in [-0.39, 0.29) is 0 Å². The Labute approximate surface area is 204 Å².